The molecule has 1 aliphatic rings. The Bertz CT molecular complexity index is 305. The normalized spacial score (nSPS) is 31.5. The Balaban J connectivity index is 2.10. The van der Waals surface area contributed by atoms with Crippen LogP contribution in [0.25, 0.3) is 0 Å². The van der Waals surface area contributed by atoms with Crippen molar-refractivity contribution in [2.45, 2.75) is 37.3 Å². The highest BCUT2D eigenvalue weighted by Crippen LogP contribution is 2.35. The summed E-state index contributed by atoms with van der Waals surface area (Å²) in [6.45, 7) is 0. The molecule has 0 unspecified atom stereocenters. The van der Waals surface area contributed by atoms with Crippen LogP contribution in [0.1, 0.15) is 31.4 Å². The topological polar surface area (TPSA) is 45.1 Å². The smallest absolute Gasteiger partial charge is 0.107 e. The molecule has 1 heterocycles. The van der Waals surface area contributed by atoms with E-state index >= 15 is 0 Å². The highest BCUT2D eigenvalue weighted by Gasteiger charge is 2.35. The molecule has 3 nitrogen and oxygen atoms in total. The minimum Gasteiger partial charge on any atom is -0.384 e. The Morgan fingerprint density at radius 1 is 1.40 bits per heavy atom. The molecule has 0 aliphatic heterocycles. The van der Waals surface area contributed by atoms with Crippen molar-refractivity contribution in [3.63, 3.8) is 0 Å². The number of aromatic nitrogens is 1. The van der Waals surface area contributed by atoms with E-state index in [2.05, 4.69) is 10.3 Å². The van der Waals surface area contributed by atoms with Gasteiger partial charge in [-0.25, -0.2) is 0 Å². The van der Waals surface area contributed by atoms with Gasteiger partial charge in [0.1, 0.15) is 5.60 Å². The zero-order valence-corrected chi connectivity index (χ0v) is 9.11. The average Bonchev–Trinajstić information content (AvgIpc) is 2.31. The lowest BCUT2D eigenvalue weighted by Crippen LogP contribution is -2.38. The Kier molecular flexibility index (Phi) is 3.03. The predicted molar refractivity (Wildman–Crippen MR) is 59.4 cm³/mol. The van der Waals surface area contributed by atoms with Crippen LogP contribution in [-0.4, -0.2) is 23.2 Å². The number of nitrogens with one attached hydrogen (secondary N) is 1. The third-order valence-electron chi connectivity index (χ3n) is 3.36. The van der Waals surface area contributed by atoms with Crippen molar-refractivity contribution in [2.24, 2.45) is 0 Å². The Labute approximate surface area is 90.5 Å². The van der Waals surface area contributed by atoms with Crippen LogP contribution in [0.3, 0.4) is 0 Å². The van der Waals surface area contributed by atoms with Crippen molar-refractivity contribution < 1.29 is 5.11 Å². The van der Waals surface area contributed by atoms with Crippen LogP contribution in [0.15, 0.2) is 24.4 Å². The number of nitrogens with zero attached hydrogens (tertiary/aromatic N) is 1. The monoisotopic (exact) mass is 206 g/mol. The molecule has 0 atom stereocenters. The van der Waals surface area contributed by atoms with Gasteiger partial charge in [0.25, 0.3) is 0 Å². The number of hydrogen-bond donors (Lipinski definition) is 2. The molecule has 2 rings (SSSR count). The second-order valence-corrected chi connectivity index (χ2v) is 4.31. The van der Waals surface area contributed by atoms with Crippen LogP contribution in [0.5, 0.6) is 0 Å². The predicted octanol–water partition coefficient (Wildman–Crippen LogP) is 1.43. The van der Waals surface area contributed by atoms with Crippen molar-refractivity contribution >= 4 is 0 Å². The van der Waals surface area contributed by atoms with Crippen molar-refractivity contribution in [3.05, 3.63) is 30.1 Å². The SMILES string of the molecule is CNC1CCC(O)(c2ccccn2)CC1. The Morgan fingerprint density at radius 3 is 2.67 bits per heavy atom. The van der Waals surface area contributed by atoms with Gasteiger partial charge in [0.15, 0.2) is 0 Å². The van der Waals surface area contributed by atoms with Gasteiger partial charge < -0.3 is 10.4 Å². The number of rotatable bonds is 2. The summed E-state index contributed by atoms with van der Waals surface area (Å²) in [5.41, 5.74) is 0.119. The maximum absolute atomic E-state index is 10.5. The van der Waals surface area contributed by atoms with Crippen LogP contribution in [-0.2, 0) is 5.60 Å². The van der Waals surface area contributed by atoms with Gasteiger partial charge in [-0.05, 0) is 44.9 Å². The molecule has 0 amide bonds. The van der Waals surface area contributed by atoms with Crippen LogP contribution in [0.2, 0.25) is 0 Å². The number of hydrogen-bond acceptors (Lipinski definition) is 3. The summed E-state index contributed by atoms with van der Waals surface area (Å²) >= 11 is 0. The van der Waals surface area contributed by atoms with Crippen molar-refractivity contribution in [3.8, 4) is 0 Å². The molecular formula is C12H18N2O. The largest absolute Gasteiger partial charge is 0.384 e. The standard InChI is InChI=1S/C12H18N2O/c1-13-10-5-7-12(15,8-6-10)11-4-2-3-9-14-11/h2-4,9-10,13,15H,5-8H2,1H3. The average molecular weight is 206 g/mol. The lowest BCUT2D eigenvalue weighted by Gasteiger charge is -2.35. The first-order valence-corrected chi connectivity index (χ1v) is 5.56. The fourth-order valence-corrected chi connectivity index (χ4v) is 2.28. The molecule has 2 N–H and O–H groups in total. The van der Waals surface area contributed by atoms with E-state index in [1.807, 2.05) is 25.2 Å². The maximum Gasteiger partial charge on any atom is 0.107 e. The van der Waals surface area contributed by atoms with Gasteiger partial charge >= 0.3 is 0 Å². The van der Waals surface area contributed by atoms with Crippen molar-refractivity contribution in [2.75, 3.05) is 7.05 Å². The first-order valence-electron chi connectivity index (χ1n) is 5.56. The summed E-state index contributed by atoms with van der Waals surface area (Å²) in [6, 6.07) is 6.28. The molecule has 82 valence electrons. The Hall–Kier alpha value is -0.930. The fourth-order valence-electron chi connectivity index (χ4n) is 2.28. The number of pyridine rings is 1. The molecule has 1 aromatic rings. The zero-order valence-electron chi connectivity index (χ0n) is 9.11. The first-order chi connectivity index (χ1) is 7.24. The van der Waals surface area contributed by atoms with E-state index < -0.39 is 5.60 Å². The zero-order chi connectivity index (χ0) is 10.7. The van der Waals surface area contributed by atoms with Crippen molar-refractivity contribution in [1.82, 2.24) is 10.3 Å². The summed E-state index contributed by atoms with van der Waals surface area (Å²) < 4.78 is 0. The molecule has 0 bridgehead atoms. The van der Waals surface area contributed by atoms with E-state index in [0.717, 1.165) is 31.4 Å². The van der Waals surface area contributed by atoms with E-state index in [-0.39, 0.29) is 0 Å². The van der Waals surface area contributed by atoms with Gasteiger partial charge in [-0.3, -0.25) is 4.98 Å². The molecule has 0 radical (unpaired) electrons. The van der Waals surface area contributed by atoms with Gasteiger partial charge in [-0.2, -0.15) is 0 Å². The quantitative estimate of drug-likeness (QED) is 0.769. The second-order valence-electron chi connectivity index (χ2n) is 4.31. The minimum atomic E-state index is -0.700. The van der Waals surface area contributed by atoms with E-state index in [1.54, 1.807) is 6.20 Å². The molecule has 1 aromatic heterocycles. The molecule has 0 aromatic carbocycles. The molecule has 0 spiro atoms. The first kappa shape index (κ1) is 10.6. The minimum absolute atomic E-state index is 0.550. The highest BCUT2D eigenvalue weighted by atomic mass is 16.3. The Morgan fingerprint density at radius 2 is 2.13 bits per heavy atom. The molecule has 1 saturated carbocycles. The maximum atomic E-state index is 10.5. The lowest BCUT2D eigenvalue weighted by molar-refractivity contribution is -0.0115. The highest BCUT2D eigenvalue weighted by molar-refractivity contribution is 5.14. The van der Waals surface area contributed by atoms with E-state index in [0.29, 0.717) is 6.04 Å². The summed E-state index contributed by atoms with van der Waals surface area (Å²) in [7, 11) is 1.98. The third-order valence-corrected chi connectivity index (χ3v) is 3.36. The molecule has 15 heavy (non-hydrogen) atoms. The summed E-state index contributed by atoms with van der Waals surface area (Å²) in [5.74, 6) is 0. The number of aliphatic hydroxyl groups is 1. The fraction of sp³-hybridized carbons (Fsp3) is 0.583. The summed E-state index contributed by atoms with van der Waals surface area (Å²) in [6.07, 6.45) is 5.38. The second kappa shape index (κ2) is 4.29. The van der Waals surface area contributed by atoms with Crippen molar-refractivity contribution in [1.29, 1.82) is 0 Å². The van der Waals surface area contributed by atoms with Crippen LogP contribution < -0.4 is 5.32 Å². The molecule has 1 aliphatic carbocycles. The molecule has 0 saturated heterocycles. The van der Waals surface area contributed by atoms with E-state index in [1.165, 1.54) is 0 Å². The van der Waals surface area contributed by atoms with E-state index in [9.17, 15) is 5.11 Å². The van der Waals surface area contributed by atoms with Gasteiger partial charge in [0, 0.05) is 12.2 Å². The van der Waals surface area contributed by atoms with Crippen LogP contribution >= 0.6 is 0 Å². The molecular weight excluding hydrogens is 188 g/mol. The van der Waals surface area contributed by atoms with Gasteiger partial charge in [0.05, 0.1) is 5.69 Å². The van der Waals surface area contributed by atoms with Gasteiger partial charge in [-0.1, -0.05) is 6.07 Å². The van der Waals surface area contributed by atoms with Crippen LogP contribution in [0.4, 0.5) is 0 Å². The molecule has 3 heteroatoms. The third kappa shape index (κ3) is 2.19. The van der Waals surface area contributed by atoms with Crippen LogP contribution in [0, 0.1) is 0 Å². The van der Waals surface area contributed by atoms with E-state index in [4.69, 9.17) is 0 Å². The summed E-state index contributed by atoms with van der Waals surface area (Å²) in [5, 5.41) is 13.7. The molecule has 1 fully saturated rings. The van der Waals surface area contributed by atoms with Gasteiger partial charge in [0.2, 0.25) is 0 Å². The summed E-state index contributed by atoms with van der Waals surface area (Å²) in [4.78, 5) is 4.25. The lowest BCUT2D eigenvalue weighted by atomic mass is 9.80. The van der Waals surface area contributed by atoms with Gasteiger partial charge in [-0.15, -0.1) is 0 Å².